The number of anilines is 1. The number of urea groups is 1. The number of nitrogens with zero attached hydrogens (tertiary/aromatic N) is 1. The van der Waals surface area contributed by atoms with Gasteiger partial charge in [0, 0.05) is 18.3 Å². The van der Waals surface area contributed by atoms with Crippen molar-refractivity contribution in [3.63, 3.8) is 0 Å². The van der Waals surface area contributed by atoms with Gasteiger partial charge in [-0.05, 0) is 43.7 Å². The first-order valence-electron chi connectivity index (χ1n) is 8.24. The number of hydrogen-bond donors (Lipinski definition) is 3. The van der Waals surface area contributed by atoms with Crippen LogP contribution in [0, 0.1) is 0 Å². The molecule has 6 nitrogen and oxygen atoms in total. The van der Waals surface area contributed by atoms with Crippen LogP contribution in [-0.4, -0.2) is 42.3 Å². The highest BCUT2D eigenvalue weighted by Crippen LogP contribution is 2.27. The molecule has 2 aliphatic rings. The van der Waals surface area contributed by atoms with Crippen LogP contribution in [0.5, 0.6) is 0 Å². The topological polar surface area (TPSA) is 81.7 Å². The largest absolute Gasteiger partial charge is 0.393 e. The maximum Gasteiger partial charge on any atom is 0.315 e. The fourth-order valence-corrected chi connectivity index (χ4v) is 3.31. The van der Waals surface area contributed by atoms with E-state index in [0.717, 1.165) is 24.9 Å². The highest BCUT2D eigenvalue weighted by molar-refractivity contribution is 5.98. The van der Waals surface area contributed by atoms with Gasteiger partial charge in [-0.3, -0.25) is 4.79 Å². The summed E-state index contributed by atoms with van der Waals surface area (Å²) in [5.41, 5.74) is 2.12. The molecule has 6 heteroatoms. The third-order valence-corrected chi connectivity index (χ3v) is 4.62. The molecule has 1 aromatic rings. The first-order valence-corrected chi connectivity index (χ1v) is 8.24. The van der Waals surface area contributed by atoms with E-state index in [-0.39, 0.29) is 30.6 Å². The minimum absolute atomic E-state index is 0.00445. The van der Waals surface area contributed by atoms with Gasteiger partial charge < -0.3 is 20.6 Å². The van der Waals surface area contributed by atoms with Gasteiger partial charge >= 0.3 is 6.03 Å². The molecule has 124 valence electrons. The van der Waals surface area contributed by atoms with Crippen LogP contribution in [0.4, 0.5) is 10.5 Å². The lowest BCUT2D eigenvalue weighted by molar-refractivity contribution is -0.117. The molecule has 3 rings (SSSR count). The van der Waals surface area contributed by atoms with Crippen molar-refractivity contribution < 1.29 is 14.7 Å². The average Bonchev–Trinajstić information content (AvgIpc) is 2.99. The summed E-state index contributed by atoms with van der Waals surface area (Å²) < 4.78 is 0. The van der Waals surface area contributed by atoms with Crippen LogP contribution in [0.25, 0.3) is 0 Å². The summed E-state index contributed by atoms with van der Waals surface area (Å²) in [6.07, 6.45) is 3.61. The van der Waals surface area contributed by atoms with Crippen LogP contribution in [0.2, 0.25) is 0 Å². The monoisotopic (exact) mass is 317 g/mol. The van der Waals surface area contributed by atoms with E-state index in [0.29, 0.717) is 19.4 Å². The molecular weight excluding hydrogens is 294 g/mol. The Hall–Kier alpha value is -2.08. The van der Waals surface area contributed by atoms with E-state index in [9.17, 15) is 14.7 Å². The lowest BCUT2D eigenvalue weighted by Crippen LogP contribution is -2.47. The van der Waals surface area contributed by atoms with Crippen molar-refractivity contribution in [1.82, 2.24) is 10.6 Å². The summed E-state index contributed by atoms with van der Waals surface area (Å²) >= 11 is 0. The number of nitrogens with one attached hydrogen (secondary N) is 2. The normalized spacial score (nSPS) is 23.3. The Bertz CT molecular complexity index is 582. The van der Waals surface area contributed by atoms with Gasteiger partial charge in [0.25, 0.3) is 0 Å². The number of para-hydroxylation sites is 1. The molecule has 0 unspecified atom stereocenters. The van der Waals surface area contributed by atoms with Crippen LogP contribution in [0.15, 0.2) is 24.3 Å². The maximum absolute atomic E-state index is 12.3. The zero-order chi connectivity index (χ0) is 16.2. The number of rotatable bonds is 3. The third kappa shape index (κ3) is 3.82. The Morgan fingerprint density at radius 3 is 2.70 bits per heavy atom. The second-order valence-electron chi connectivity index (χ2n) is 6.26. The second kappa shape index (κ2) is 7.00. The highest BCUT2D eigenvalue weighted by atomic mass is 16.3. The Morgan fingerprint density at radius 1 is 1.17 bits per heavy atom. The van der Waals surface area contributed by atoms with Gasteiger partial charge in [0.05, 0.1) is 12.6 Å². The Morgan fingerprint density at radius 2 is 1.91 bits per heavy atom. The van der Waals surface area contributed by atoms with E-state index in [1.807, 2.05) is 24.3 Å². The smallest absolute Gasteiger partial charge is 0.315 e. The van der Waals surface area contributed by atoms with Crippen LogP contribution >= 0.6 is 0 Å². The Kier molecular flexibility index (Phi) is 4.81. The Balaban J connectivity index is 1.45. The van der Waals surface area contributed by atoms with Crippen LogP contribution in [-0.2, 0) is 11.2 Å². The fourth-order valence-electron chi connectivity index (χ4n) is 3.31. The molecule has 1 heterocycles. The average molecular weight is 317 g/mol. The molecule has 0 spiro atoms. The number of carbonyl (C=O) groups excluding carboxylic acids is 2. The number of aliphatic hydroxyl groups excluding tert-OH is 1. The zero-order valence-electron chi connectivity index (χ0n) is 13.1. The SMILES string of the molecule is O=C(NCC(=O)N1CCc2ccccc21)NC1CCC(O)CC1. The van der Waals surface area contributed by atoms with E-state index in [4.69, 9.17) is 0 Å². The van der Waals surface area contributed by atoms with E-state index >= 15 is 0 Å². The molecule has 0 atom stereocenters. The van der Waals surface area contributed by atoms with Crippen molar-refractivity contribution >= 4 is 17.6 Å². The summed E-state index contributed by atoms with van der Waals surface area (Å²) in [6.45, 7) is 0.664. The van der Waals surface area contributed by atoms with E-state index in [1.54, 1.807) is 4.90 Å². The van der Waals surface area contributed by atoms with Crippen molar-refractivity contribution in [1.29, 1.82) is 0 Å². The van der Waals surface area contributed by atoms with Crippen LogP contribution < -0.4 is 15.5 Å². The van der Waals surface area contributed by atoms with Gasteiger partial charge in [0.15, 0.2) is 0 Å². The van der Waals surface area contributed by atoms with Gasteiger partial charge in [0.1, 0.15) is 0 Å². The molecule has 3 amide bonds. The predicted molar refractivity (Wildman–Crippen MR) is 87.3 cm³/mol. The molecule has 1 fully saturated rings. The van der Waals surface area contributed by atoms with Crippen LogP contribution in [0.1, 0.15) is 31.2 Å². The summed E-state index contributed by atoms with van der Waals surface area (Å²) in [4.78, 5) is 25.9. The summed E-state index contributed by atoms with van der Waals surface area (Å²) in [5, 5.41) is 15.0. The van der Waals surface area contributed by atoms with Crippen molar-refractivity contribution in [3.05, 3.63) is 29.8 Å². The van der Waals surface area contributed by atoms with Crippen LogP contribution in [0.3, 0.4) is 0 Å². The lowest BCUT2D eigenvalue weighted by Gasteiger charge is -2.26. The number of benzene rings is 1. The van der Waals surface area contributed by atoms with Gasteiger partial charge in [-0.15, -0.1) is 0 Å². The molecule has 1 aliphatic carbocycles. The van der Waals surface area contributed by atoms with E-state index in [1.165, 1.54) is 5.56 Å². The predicted octanol–water partition coefficient (Wildman–Crippen LogP) is 1.18. The Labute approximate surface area is 135 Å². The summed E-state index contributed by atoms with van der Waals surface area (Å²) in [7, 11) is 0. The fraction of sp³-hybridized carbons (Fsp3) is 0.529. The van der Waals surface area contributed by atoms with Gasteiger partial charge in [-0.25, -0.2) is 4.79 Å². The molecule has 1 aromatic carbocycles. The minimum atomic E-state index is -0.313. The molecule has 0 saturated heterocycles. The van der Waals surface area contributed by atoms with Crippen molar-refractivity contribution in [2.45, 2.75) is 44.2 Å². The maximum atomic E-state index is 12.3. The van der Waals surface area contributed by atoms with E-state index in [2.05, 4.69) is 10.6 Å². The number of hydrogen-bond acceptors (Lipinski definition) is 3. The first kappa shape index (κ1) is 15.8. The van der Waals surface area contributed by atoms with Crippen molar-refractivity contribution in [2.75, 3.05) is 18.0 Å². The standard InChI is InChI=1S/C17H23N3O3/c21-14-7-5-13(6-8-14)19-17(23)18-11-16(22)20-10-9-12-3-1-2-4-15(12)20/h1-4,13-14,21H,5-11H2,(H2,18,19,23). The van der Waals surface area contributed by atoms with Crippen molar-refractivity contribution in [2.24, 2.45) is 0 Å². The molecule has 3 N–H and O–H groups in total. The molecule has 1 aliphatic heterocycles. The number of carbonyl (C=O) groups is 2. The number of amides is 3. The summed E-state index contributed by atoms with van der Waals surface area (Å²) in [6, 6.07) is 7.63. The molecule has 23 heavy (non-hydrogen) atoms. The quantitative estimate of drug-likeness (QED) is 0.783. The third-order valence-electron chi connectivity index (χ3n) is 4.62. The number of aliphatic hydroxyl groups is 1. The van der Waals surface area contributed by atoms with Crippen molar-refractivity contribution in [3.8, 4) is 0 Å². The molecule has 0 bridgehead atoms. The van der Waals surface area contributed by atoms with E-state index < -0.39 is 0 Å². The van der Waals surface area contributed by atoms with Gasteiger partial charge in [0.2, 0.25) is 5.91 Å². The molecular formula is C17H23N3O3. The summed E-state index contributed by atoms with van der Waals surface area (Å²) in [5.74, 6) is -0.0934. The molecule has 1 saturated carbocycles. The minimum Gasteiger partial charge on any atom is -0.393 e. The zero-order valence-corrected chi connectivity index (χ0v) is 13.1. The van der Waals surface area contributed by atoms with Gasteiger partial charge in [-0.2, -0.15) is 0 Å². The molecule has 0 radical (unpaired) electrons. The molecule has 0 aromatic heterocycles. The number of fused-ring (bicyclic) bond motifs is 1. The second-order valence-corrected chi connectivity index (χ2v) is 6.26. The highest BCUT2D eigenvalue weighted by Gasteiger charge is 2.25. The lowest BCUT2D eigenvalue weighted by atomic mass is 9.93. The first-order chi connectivity index (χ1) is 11.1. The van der Waals surface area contributed by atoms with Gasteiger partial charge in [-0.1, -0.05) is 18.2 Å².